The zero-order valence-corrected chi connectivity index (χ0v) is 11.2. The summed E-state index contributed by atoms with van der Waals surface area (Å²) < 4.78 is 2.05. The molecule has 98 valence electrons. The molecule has 0 fully saturated rings. The quantitative estimate of drug-likeness (QED) is 0.886. The Hall–Kier alpha value is -1.58. The van der Waals surface area contributed by atoms with E-state index in [1.165, 1.54) is 0 Å². The van der Waals surface area contributed by atoms with Gasteiger partial charge in [-0.3, -0.25) is 9.59 Å². The van der Waals surface area contributed by atoms with Gasteiger partial charge >= 0.3 is 0 Å². The summed E-state index contributed by atoms with van der Waals surface area (Å²) in [5.74, 6) is 0.249. The molecule has 0 aromatic carbocycles. The number of ketones is 1. The minimum absolute atomic E-state index is 0.0210. The topological polar surface area (TPSA) is 51.1 Å². The van der Waals surface area contributed by atoms with Crippen molar-refractivity contribution in [3.05, 3.63) is 23.5 Å². The summed E-state index contributed by atoms with van der Waals surface area (Å²) in [6, 6.07) is 1.89. The Labute approximate surface area is 107 Å². The molecule has 4 nitrogen and oxygen atoms in total. The van der Waals surface area contributed by atoms with E-state index in [1.54, 1.807) is 7.05 Å². The van der Waals surface area contributed by atoms with E-state index in [0.717, 1.165) is 17.7 Å². The van der Waals surface area contributed by atoms with Crippen LogP contribution in [0.4, 0.5) is 0 Å². The molecule has 0 unspecified atom stereocenters. The van der Waals surface area contributed by atoms with E-state index in [0.29, 0.717) is 19.4 Å². The minimum Gasteiger partial charge on any atom is -0.359 e. The summed E-state index contributed by atoms with van der Waals surface area (Å²) in [6.45, 7) is 4.87. The highest BCUT2D eigenvalue weighted by atomic mass is 16.1. The summed E-state index contributed by atoms with van der Waals surface area (Å²) >= 11 is 0. The number of fused-ring (bicyclic) bond motifs is 1. The Morgan fingerprint density at radius 1 is 1.44 bits per heavy atom. The molecule has 18 heavy (non-hydrogen) atoms. The SMILES string of the molecule is CNC(=O)CCn1ccc2c1CC(C)(C)CC2=O. The van der Waals surface area contributed by atoms with Crippen LogP contribution in [0.1, 0.15) is 42.7 Å². The van der Waals surface area contributed by atoms with Crippen LogP contribution in [-0.4, -0.2) is 23.3 Å². The molecule has 1 aliphatic carbocycles. The monoisotopic (exact) mass is 248 g/mol. The second kappa shape index (κ2) is 4.59. The van der Waals surface area contributed by atoms with Crippen molar-refractivity contribution in [2.45, 2.75) is 39.7 Å². The van der Waals surface area contributed by atoms with Gasteiger partial charge in [-0.2, -0.15) is 0 Å². The van der Waals surface area contributed by atoms with Crippen molar-refractivity contribution in [2.24, 2.45) is 5.41 Å². The van der Waals surface area contributed by atoms with E-state index in [-0.39, 0.29) is 17.1 Å². The van der Waals surface area contributed by atoms with Crippen LogP contribution in [0.25, 0.3) is 0 Å². The van der Waals surface area contributed by atoms with Gasteiger partial charge in [0.1, 0.15) is 0 Å². The second-order valence-electron chi connectivity index (χ2n) is 5.73. The van der Waals surface area contributed by atoms with Crippen LogP contribution < -0.4 is 5.32 Å². The fourth-order valence-electron chi connectivity index (χ4n) is 2.56. The Bertz CT molecular complexity index is 486. The number of aryl methyl sites for hydroxylation is 1. The first kappa shape index (κ1) is 12.9. The summed E-state index contributed by atoms with van der Waals surface area (Å²) in [5.41, 5.74) is 1.94. The highest BCUT2D eigenvalue weighted by Gasteiger charge is 2.32. The Balaban J connectivity index is 2.20. The van der Waals surface area contributed by atoms with E-state index in [1.807, 2.05) is 16.8 Å². The molecule has 1 aromatic rings. The molecule has 1 aliphatic rings. The van der Waals surface area contributed by atoms with Gasteiger partial charge in [0.05, 0.1) is 0 Å². The largest absolute Gasteiger partial charge is 0.359 e. The standard InChI is InChI=1S/C14H20N2O2/c1-14(2)8-11-10(12(17)9-14)4-6-16(11)7-5-13(18)15-3/h4,6H,5,7-9H2,1-3H3,(H,15,18). The summed E-state index contributed by atoms with van der Waals surface area (Å²) in [5, 5.41) is 2.61. The molecule has 0 saturated heterocycles. The molecular formula is C14H20N2O2. The molecule has 0 radical (unpaired) electrons. The van der Waals surface area contributed by atoms with Gasteiger partial charge in [0.25, 0.3) is 0 Å². The van der Waals surface area contributed by atoms with Crippen molar-refractivity contribution in [1.29, 1.82) is 0 Å². The van der Waals surface area contributed by atoms with Crippen molar-refractivity contribution in [2.75, 3.05) is 7.05 Å². The molecule has 2 rings (SSSR count). The van der Waals surface area contributed by atoms with Crippen LogP contribution >= 0.6 is 0 Å². The first-order chi connectivity index (χ1) is 8.43. The summed E-state index contributed by atoms with van der Waals surface area (Å²) in [7, 11) is 1.64. The van der Waals surface area contributed by atoms with Gasteiger partial charge in [-0.25, -0.2) is 0 Å². The average Bonchev–Trinajstić information content (AvgIpc) is 2.67. The number of rotatable bonds is 3. The molecule has 0 bridgehead atoms. The zero-order valence-electron chi connectivity index (χ0n) is 11.2. The Morgan fingerprint density at radius 2 is 2.17 bits per heavy atom. The number of aromatic nitrogens is 1. The number of hydrogen-bond acceptors (Lipinski definition) is 2. The molecule has 1 heterocycles. The maximum atomic E-state index is 12.0. The lowest BCUT2D eigenvalue weighted by molar-refractivity contribution is -0.120. The van der Waals surface area contributed by atoms with Crippen LogP contribution in [0, 0.1) is 5.41 Å². The zero-order chi connectivity index (χ0) is 13.3. The maximum Gasteiger partial charge on any atom is 0.221 e. The van der Waals surface area contributed by atoms with Gasteiger partial charge in [0.15, 0.2) is 5.78 Å². The van der Waals surface area contributed by atoms with Crippen LogP contribution in [-0.2, 0) is 17.8 Å². The predicted molar refractivity (Wildman–Crippen MR) is 69.5 cm³/mol. The third-order valence-corrected chi connectivity index (χ3v) is 3.52. The minimum atomic E-state index is 0.0210. The molecule has 1 N–H and O–H groups in total. The first-order valence-electron chi connectivity index (χ1n) is 6.35. The number of nitrogens with one attached hydrogen (secondary N) is 1. The molecule has 0 saturated carbocycles. The molecule has 1 aromatic heterocycles. The second-order valence-corrected chi connectivity index (χ2v) is 5.73. The van der Waals surface area contributed by atoms with Gasteiger partial charge in [-0.15, -0.1) is 0 Å². The lowest BCUT2D eigenvalue weighted by atomic mass is 9.76. The smallest absolute Gasteiger partial charge is 0.221 e. The van der Waals surface area contributed by atoms with Gasteiger partial charge in [-0.1, -0.05) is 13.8 Å². The molecule has 0 aliphatic heterocycles. The van der Waals surface area contributed by atoms with Gasteiger partial charge in [-0.05, 0) is 17.9 Å². The van der Waals surface area contributed by atoms with Crippen molar-refractivity contribution >= 4 is 11.7 Å². The van der Waals surface area contributed by atoms with Crippen LogP contribution in [0.3, 0.4) is 0 Å². The van der Waals surface area contributed by atoms with Crippen molar-refractivity contribution < 1.29 is 9.59 Å². The van der Waals surface area contributed by atoms with Gasteiger partial charge in [0.2, 0.25) is 5.91 Å². The third kappa shape index (κ3) is 2.47. The van der Waals surface area contributed by atoms with Crippen LogP contribution in [0.15, 0.2) is 12.3 Å². The lowest BCUT2D eigenvalue weighted by Gasteiger charge is -2.29. The van der Waals surface area contributed by atoms with Gasteiger partial charge in [0, 0.05) is 43.9 Å². The predicted octanol–water partition coefficient (Wildman–Crippen LogP) is 1.78. The Morgan fingerprint density at radius 3 is 2.83 bits per heavy atom. The summed E-state index contributed by atoms with van der Waals surface area (Å²) in [6.07, 6.45) is 3.88. The van der Waals surface area contributed by atoms with Crippen molar-refractivity contribution in [1.82, 2.24) is 9.88 Å². The number of carbonyl (C=O) groups excluding carboxylic acids is 2. The van der Waals surface area contributed by atoms with E-state index >= 15 is 0 Å². The number of Topliss-reactive ketones (excluding diaryl/α,β-unsaturated/α-hetero) is 1. The summed E-state index contributed by atoms with van der Waals surface area (Å²) in [4.78, 5) is 23.3. The molecule has 4 heteroatoms. The fourth-order valence-corrected chi connectivity index (χ4v) is 2.56. The number of amides is 1. The van der Waals surface area contributed by atoms with Gasteiger partial charge < -0.3 is 9.88 Å². The Kier molecular flexibility index (Phi) is 3.28. The third-order valence-electron chi connectivity index (χ3n) is 3.52. The highest BCUT2D eigenvalue weighted by Crippen LogP contribution is 2.35. The van der Waals surface area contributed by atoms with Crippen LogP contribution in [0.2, 0.25) is 0 Å². The van der Waals surface area contributed by atoms with E-state index in [4.69, 9.17) is 0 Å². The highest BCUT2D eigenvalue weighted by molar-refractivity contribution is 5.98. The van der Waals surface area contributed by atoms with E-state index in [9.17, 15) is 9.59 Å². The number of carbonyl (C=O) groups is 2. The van der Waals surface area contributed by atoms with Crippen molar-refractivity contribution in [3.8, 4) is 0 Å². The number of nitrogens with zero attached hydrogens (tertiary/aromatic N) is 1. The van der Waals surface area contributed by atoms with E-state index < -0.39 is 0 Å². The molecule has 0 spiro atoms. The fraction of sp³-hybridized carbons (Fsp3) is 0.571. The number of hydrogen-bond donors (Lipinski definition) is 1. The van der Waals surface area contributed by atoms with Crippen LogP contribution in [0.5, 0.6) is 0 Å². The normalized spacial score (nSPS) is 17.4. The average molecular weight is 248 g/mol. The lowest BCUT2D eigenvalue weighted by Crippen LogP contribution is -2.28. The molecule has 0 atom stereocenters. The van der Waals surface area contributed by atoms with E-state index in [2.05, 4.69) is 19.2 Å². The molecule has 1 amide bonds. The first-order valence-corrected chi connectivity index (χ1v) is 6.35. The maximum absolute atomic E-state index is 12.0. The molecular weight excluding hydrogens is 228 g/mol. The van der Waals surface area contributed by atoms with Crippen molar-refractivity contribution in [3.63, 3.8) is 0 Å².